The maximum absolute atomic E-state index is 12.8. The maximum atomic E-state index is 12.8. The zero-order valence-corrected chi connectivity index (χ0v) is 16.4. The van der Waals surface area contributed by atoms with Gasteiger partial charge in [-0.1, -0.05) is 24.3 Å². The highest BCUT2D eigenvalue weighted by Crippen LogP contribution is 2.20. The number of aromatic nitrogens is 3. The summed E-state index contributed by atoms with van der Waals surface area (Å²) < 4.78 is 7.41. The first-order valence-corrected chi connectivity index (χ1v) is 9.38. The Kier molecular flexibility index (Phi) is 5.24. The van der Waals surface area contributed by atoms with Gasteiger partial charge in [-0.25, -0.2) is 4.98 Å². The summed E-state index contributed by atoms with van der Waals surface area (Å²) in [7, 11) is 3.45. The van der Waals surface area contributed by atoms with Crippen molar-refractivity contribution in [2.75, 3.05) is 14.2 Å². The van der Waals surface area contributed by atoms with E-state index >= 15 is 0 Å². The molecule has 146 valence electrons. The van der Waals surface area contributed by atoms with Gasteiger partial charge in [0.2, 0.25) is 0 Å². The van der Waals surface area contributed by atoms with E-state index in [1.54, 1.807) is 43.6 Å². The Morgan fingerprint density at radius 3 is 2.48 bits per heavy atom. The number of hydrogen-bond acceptors (Lipinski definition) is 4. The summed E-state index contributed by atoms with van der Waals surface area (Å²) in [5.74, 6) is 1.61. The highest BCUT2D eigenvalue weighted by atomic mass is 16.5. The second-order valence-corrected chi connectivity index (χ2v) is 6.85. The number of amides is 1. The van der Waals surface area contributed by atoms with E-state index in [0.29, 0.717) is 18.7 Å². The second kappa shape index (κ2) is 8.14. The summed E-state index contributed by atoms with van der Waals surface area (Å²) >= 11 is 0. The quantitative estimate of drug-likeness (QED) is 0.506. The molecule has 0 aliphatic carbocycles. The molecule has 4 aromatic rings. The Morgan fingerprint density at radius 2 is 1.76 bits per heavy atom. The fourth-order valence-electron chi connectivity index (χ4n) is 3.33. The highest BCUT2D eigenvalue weighted by Gasteiger charge is 2.17. The minimum Gasteiger partial charge on any atom is -0.497 e. The molecule has 0 radical (unpaired) electrons. The van der Waals surface area contributed by atoms with Crippen LogP contribution in [0, 0.1) is 0 Å². The van der Waals surface area contributed by atoms with Crippen molar-refractivity contribution in [2.45, 2.75) is 13.1 Å². The fraction of sp³-hybridized carbons (Fsp3) is 0.174. The van der Waals surface area contributed by atoms with Gasteiger partial charge in [0.1, 0.15) is 11.6 Å². The normalized spacial score (nSPS) is 10.8. The van der Waals surface area contributed by atoms with Crippen molar-refractivity contribution in [1.29, 1.82) is 0 Å². The number of imidazole rings is 1. The van der Waals surface area contributed by atoms with E-state index in [0.717, 1.165) is 28.2 Å². The van der Waals surface area contributed by atoms with Gasteiger partial charge in [-0.15, -0.1) is 0 Å². The second-order valence-electron chi connectivity index (χ2n) is 6.85. The highest BCUT2D eigenvalue weighted by molar-refractivity contribution is 5.93. The molecule has 0 aliphatic heterocycles. The van der Waals surface area contributed by atoms with Gasteiger partial charge in [-0.3, -0.25) is 9.78 Å². The van der Waals surface area contributed by atoms with Gasteiger partial charge in [0, 0.05) is 31.5 Å². The van der Waals surface area contributed by atoms with Gasteiger partial charge < -0.3 is 14.2 Å². The summed E-state index contributed by atoms with van der Waals surface area (Å²) in [5, 5.41) is 0. The Bertz CT molecular complexity index is 1120. The van der Waals surface area contributed by atoms with Crippen molar-refractivity contribution in [3.8, 4) is 5.75 Å². The van der Waals surface area contributed by atoms with Gasteiger partial charge in [-0.2, -0.15) is 0 Å². The number of carbonyl (C=O) groups is 1. The molecular weight excluding hydrogens is 364 g/mol. The molecule has 29 heavy (non-hydrogen) atoms. The monoisotopic (exact) mass is 386 g/mol. The molecule has 0 N–H and O–H groups in total. The topological polar surface area (TPSA) is 60.2 Å². The lowest BCUT2D eigenvalue weighted by atomic mass is 10.2. The van der Waals surface area contributed by atoms with Crippen LogP contribution in [0.25, 0.3) is 11.0 Å². The molecule has 1 amide bonds. The van der Waals surface area contributed by atoms with Crippen LogP contribution in [-0.2, 0) is 13.1 Å². The van der Waals surface area contributed by atoms with Gasteiger partial charge >= 0.3 is 0 Å². The third-order valence-corrected chi connectivity index (χ3v) is 4.89. The number of pyridine rings is 1. The lowest BCUT2D eigenvalue weighted by Gasteiger charge is -2.18. The minimum absolute atomic E-state index is 0.0598. The van der Waals surface area contributed by atoms with Crippen molar-refractivity contribution in [3.05, 3.63) is 90.0 Å². The Labute approximate surface area is 169 Å². The molecule has 0 saturated carbocycles. The Hall–Kier alpha value is -3.67. The molecule has 0 atom stereocenters. The zero-order chi connectivity index (χ0) is 20.2. The first kappa shape index (κ1) is 18.7. The lowest BCUT2D eigenvalue weighted by molar-refractivity contribution is 0.0780. The Morgan fingerprint density at radius 1 is 1.03 bits per heavy atom. The molecule has 2 aromatic carbocycles. The molecule has 2 heterocycles. The fourth-order valence-corrected chi connectivity index (χ4v) is 3.33. The van der Waals surface area contributed by atoms with Crippen LogP contribution < -0.4 is 4.74 Å². The van der Waals surface area contributed by atoms with Crippen LogP contribution in [0.2, 0.25) is 0 Å². The average molecular weight is 386 g/mol. The van der Waals surface area contributed by atoms with E-state index in [4.69, 9.17) is 9.72 Å². The maximum Gasteiger partial charge on any atom is 0.254 e. The first-order chi connectivity index (χ1) is 14.2. The van der Waals surface area contributed by atoms with E-state index in [-0.39, 0.29) is 5.91 Å². The number of rotatable bonds is 6. The lowest BCUT2D eigenvalue weighted by Crippen LogP contribution is -2.27. The molecule has 0 aliphatic rings. The predicted octanol–water partition coefficient (Wildman–Crippen LogP) is 3.76. The third-order valence-electron chi connectivity index (χ3n) is 4.89. The summed E-state index contributed by atoms with van der Waals surface area (Å²) in [6.45, 7) is 1.07. The summed E-state index contributed by atoms with van der Waals surface area (Å²) in [6.07, 6.45) is 3.25. The number of para-hydroxylation sites is 2. The molecule has 0 unspecified atom stereocenters. The molecule has 2 aromatic heterocycles. The minimum atomic E-state index is -0.0598. The van der Waals surface area contributed by atoms with E-state index in [1.807, 2.05) is 42.5 Å². The number of ether oxygens (including phenoxy) is 1. The van der Waals surface area contributed by atoms with Crippen LogP contribution >= 0.6 is 0 Å². The van der Waals surface area contributed by atoms with E-state index < -0.39 is 0 Å². The van der Waals surface area contributed by atoms with Gasteiger partial charge in [-0.05, 0) is 42.0 Å². The van der Waals surface area contributed by atoms with Gasteiger partial charge in [0.05, 0.1) is 24.7 Å². The summed E-state index contributed by atoms with van der Waals surface area (Å²) in [4.78, 5) is 23.2. The summed E-state index contributed by atoms with van der Waals surface area (Å²) in [6, 6.07) is 19.5. The van der Waals surface area contributed by atoms with Gasteiger partial charge in [0.25, 0.3) is 5.91 Å². The average Bonchev–Trinajstić information content (AvgIpc) is 3.11. The van der Waals surface area contributed by atoms with Crippen molar-refractivity contribution in [2.24, 2.45) is 0 Å². The van der Waals surface area contributed by atoms with Crippen molar-refractivity contribution in [3.63, 3.8) is 0 Å². The van der Waals surface area contributed by atoms with E-state index in [2.05, 4.69) is 15.6 Å². The van der Waals surface area contributed by atoms with Crippen molar-refractivity contribution < 1.29 is 9.53 Å². The van der Waals surface area contributed by atoms with E-state index in [1.165, 1.54) is 0 Å². The Balaban J connectivity index is 1.64. The number of methoxy groups -OCH3 is 1. The molecule has 4 rings (SSSR count). The van der Waals surface area contributed by atoms with Crippen LogP contribution in [-0.4, -0.2) is 39.5 Å². The smallest absolute Gasteiger partial charge is 0.254 e. The van der Waals surface area contributed by atoms with Crippen LogP contribution in [0.3, 0.4) is 0 Å². The molecule has 6 heteroatoms. The zero-order valence-electron chi connectivity index (χ0n) is 16.4. The number of hydrogen-bond donors (Lipinski definition) is 0. The van der Waals surface area contributed by atoms with E-state index in [9.17, 15) is 4.79 Å². The number of carbonyl (C=O) groups excluding carboxylic acids is 1. The molecule has 0 spiro atoms. The number of benzene rings is 2. The molecule has 6 nitrogen and oxygen atoms in total. The van der Waals surface area contributed by atoms with Crippen LogP contribution in [0.1, 0.15) is 21.7 Å². The molecule has 0 bridgehead atoms. The molecule has 0 saturated heterocycles. The van der Waals surface area contributed by atoms with Crippen LogP contribution in [0.5, 0.6) is 5.75 Å². The first-order valence-electron chi connectivity index (χ1n) is 9.38. The van der Waals surface area contributed by atoms with Crippen molar-refractivity contribution >= 4 is 16.9 Å². The number of fused-ring (bicyclic) bond motifs is 1. The standard InChI is InChI=1S/C23H22N4O2/c1-26(23(28)18-11-13-24-14-12-18)16-22-25-20-5-3-4-6-21(20)27(22)15-17-7-9-19(29-2)10-8-17/h3-14H,15-16H2,1-2H3. The predicted molar refractivity (Wildman–Crippen MR) is 112 cm³/mol. The third kappa shape index (κ3) is 3.96. The van der Waals surface area contributed by atoms with Crippen LogP contribution in [0.4, 0.5) is 0 Å². The SMILES string of the molecule is COc1ccc(Cn2c(CN(C)C(=O)c3ccncc3)nc3ccccc32)cc1. The van der Waals surface area contributed by atoms with Gasteiger partial charge in [0.15, 0.2) is 0 Å². The number of nitrogens with zero attached hydrogens (tertiary/aromatic N) is 4. The molecular formula is C23H22N4O2. The summed E-state index contributed by atoms with van der Waals surface area (Å²) in [5.41, 5.74) is 3.71. The largest absolute Gasteiger partial charge is 0.497 e. The molecule has 0 fully saturated rings. The van der Waals surface area contributed by atoms with Crippen molar-refractivity contribution in [1.82, 2.24) is 19.4 Å². The van der Waals surface area contributed by atoms with Crippen LogP contribution in [0.15, 0.2) is 73.1 Å².